The van der Waals surface area contributed by atoms with Crippen molar-refractivity contribution in [3.8, 4) is 5.75 Å². The number of nitrogens with zero attached hydrogens (tertiary/aromatic N) is 2. The first-order chi connectivity index (χ1) is 16.3. The third-order valence-electron chi connectivity index (χ3n) is 5.05. The standard InChI is InChI=1S/C26H36N2O6/c1-26(2,3)34-25(29)28(13-15-30-4)23-17-22(32-18-20-10-6-5-7-11-20)16-21(27-23)19-33-24-12-8-9-14-31-24/h5-7,10-11,16-17,24H,8-9,12-15,18-19H2,1-4H3. The smallest absolute Gasteiger partial charge is 0.416 e. The lowest BCUT2D eigenvalue weighted by Gasteiger charge is -2.27. The molecule has 1 aliphatic heterocycles. The van der Waals surface area contributed by atoms with E-state index in [2.05, 4.69) is 4.98 Å². The Bertz CT molecular complexity index is 894. The minimum atomic E-state index is -0.645. The van der Waals surface area contributed by atoms with Gasteiger partial charge in [0, 0.05) is 25.8 Å². The summed E-state index contributed by atoms with van der Waals surface area (Å²) in [4.78, 5) is 19.1. The van der Waals surface area contributed by atoms with Crippen molar-refractivity contribution in [1.29, 1.82) is 0 Å². The van der Waals surface area contributed by atoms with Gasteiger partial charge in [-0.05, 0) is 45.6 Å². The lowest BCUT2D eigenvalue weighted by Crippen LogP contribution is -2.39. The molecule has 0 aliphatic carbocycles. The Morgan fingerprint density at radius 1 is 1.15 bits per heavy atom. The van der Waals surface area contributed by atoms with E-state index < -0.39 is 11.7 Å². The molecule has 2 aromatic rings. The second kappa shape index (κ2) is 12.7. The SMILES string of the molecule is COCCN(C(=O)OC(C)(C)C)c1cc(OCc2ccccc2)cc(COC2CCCCO2)n1. The van der Waals surface area contributed by atoms with E-state index in [0.29, 0.717) is 37.1 Å². The van der Waals surface area contributed by atoms with Crippen molar-refractivity contribution in [3.63, 3.8) is 0 Å². The highest BCUT2D eigenvalue weighted by molar-refractivity contribution is 5.87. The van der Waals surface area contributed by atoms with Crippen molar-refractivity contribution in [2.75, 3.05) is 31.8 Å². The third kappa shape index (κ3) is 8.59. The van der Waals surface area contributed by atoms with Crippen LogP contribution in [0, 0.1) is 0 Å². The third-order valence-corrected chi connectivity index (χ3v) is 5.05. The van der Waals surface area contributed by atoms with Crippen molar-refractivity contribution in [3.05, 3.63) is 53.7 Å². The second-order valence-corrected chi connectivity index (χ2v) is 9.16. The van der Waals surface area contributed by atoms with E-state index in [-0.39, 0.29) is 19.4 Å². The first-order valence-electron chi connectivity index (χ1n) is 11.7. The highest BCUT2D eigenvalue weighted by Gasteiger charge is 2.25. The van der Waals surface area contributed by atoms with Crippen LogP contribution >= 0.6 is 0 Å². The number of benzene rings is 1. The number of hydrogen-bond donors (Lipinski definition) is 0. The first kappa shape index (κ1) is 25.9. The molecular weight excluding hydrogens is 436 g/mol. The van der Waals surface area contributed by atoms with Gasteiger partial charge >= 0.3 is 6.09 Å². The number of carbonyl (C=O) groups excluding carboxylic acids is 1. The summed E-state index contributed by atoms with van der Waals surface area (Å²) in [5.41, 5.74) is 1.03. The molecular formula is C26H36N2O6. The average molecular weight is 473 g/mol. The summed E-state index contributed by atoms with van der Waals surface area (Å²) in [5.74, 6) is 1.00. The summed E-state index contributed by atoms with van der Waals surface area (Å²) in [7, 11) is 1.59. The van der Waals surface area contributed by atoms with Crippen LogP contribution in [0.4, 0.5) is 10.6 Å². The molecule has 0 radical (unpaired) electrons. The Morgan fingerprint density at radius 3 is 2.62 bits per heavy atom. The molecule has 2 heterocycles. The van der Waals surface area contributed by atoms with Crippen molar-refractivity contribution >= 4 is 11.9 Å². The molecule has 186 valence electrons. The summed E-state index contributed by atoms with van der Waals surface area (Å²) in [6.07, 6.45) is 2.24. The van der Waals surface area contributed by atoms with Crippen LogP contribution in [-0.4, -0.2) is 49.8 Å². The normalized spacial score (nSPS) is 16.2. The topological polar surface area (TPSA) is 79.4 Å². The molecule has 1 amide bonds. The van der Waals surface area contributed by atoms with Gasteiger partial charge in [-0.1, -0.05) is 30.3 Å². The van der Waals surface area contributed by atoms with Crippen LogP contribution in [0.1, 0.15) is 51.3 Å². The van der Waals surface area contributed by atoms with E-state index in [9.17, 15) is 4.79 Å². The number of pyridine rings is 1. The molecule has 34 heavy (non-hydrogen) atoms. The number of amides is 1. The van der Waals surface area contributed by atoms with Crippen molar-refractivity contribution < 1.29 is 28.5 Å². The quantitative estimate of drug-likeness (QED) is 0.476. The van der Waals surface area contributed by atoms with Crippen LogP contribution in [0.5, 0.6) is 5.75 Å². The highest BCUT2D eigenvalue weighted by Crippen LogP contribution is 2.25. The fourth-order valence-electron chi connectivity index (χ4n) is 3.40. The van der Waals surface area contributed by atoms with E-state index in [4.69, 9.17) is 23.7 Å². The van der Waals surface area contributed by atoms with Crippen LogP contribution in [-0.2, 0) is 32.2 Å². The zero-order chi connectivity index (χ0) is 24.4. The van der Waals surface area contributed by atoms with Crippen molar-refractivity contribution in [2.24, 2.45) is 0 Å². The molecule has 0 saturated carbocycles. The Kier molecular flexibility index (Phi) is 9.68. The summed E-state index contributed by atoms with van der Waals surface area (Å²) in [6, 6.07) is 13.5. The molecule has 0 bridgehead atoms. The van der Waals surface area contributed by atoms with E-state index in [1.807, 2.05) is 57.2 Å². The maximum atomic E-state index is 13.0. The fraction of sp³-hybridized carbons (Fsp3) is 0.538. The fourth-order valence-corrected chi connectivity index (χ4v) is 3.40. The first-order valence-corrected chi connectivity index (χ1v) is 11.7. The lowest BCUT2D eigenvalue weighted by molar-refractivity contribution is -0.169. The van der Waals surface area contributed by atoms with E-state index in [1.165, 1.54) is 4.90 Å². The molecule has 1 atom stereocenters. The minimum absolute atomic E-state index is 0.243. The zero-order valence-electron chi connectivity index (χ0n) is 20.6. The van der Waals surface area contributed by atoms with Crippen LogP contribution in [0.3, 0.4) is 0 Å². The molecule has 1 aromatic heterocycles. The maximum Gasteiger partial charge on any atom is 0.416 e. The molecule has 8 nitrogen and oxygen atoms in total. The van der Waals surface area contributed by atoms with Crippen molar-refractivity contribution in [2.45, 2.75) is 65.1 Å². The number of carbonyl (C=O) groups is 1. The van der Waals surface area contributed by atoms with Gasteiger partial charge in [0.2, 0.25) is 0 Å². The summed E-state index contributed by atoms with van der Waals surface area (Å²) in [6.45, 7) is 7.44. The summed E-state index contributed by atoms with van der Waals surface area (Å²) in [5, 5.41) is 0. The van der Waals surface area contributed by atoms with Gasteiger partial charge in [-0.2, -0.15) is 0 Å². The number of rotatable bonds is 10. The van der Waals surface area contributed by atoms with Gasteiger partial charge in [0.25, 0.3) is 0 Å². The summed E-state index contributed by atoms with van der Waals surface area (Å²) < 4.78 is 28.5. The largest absolute Gasteiger partial charge is 0.489 e. The number of anilines is 1. The van der Waals surface area contributed by atoms with Crippen LogP contribution < -0.4 is 9.64 Å². The molecule has 1 fully saturated rings. The number of methoxy groups -OCH3 is 1. The Balaban J connectivity index is 1.83. The molecule has 1 unspecified atom stereocenters. The molecule has 0 N–H and O–H groups in total. The van der Waals surface area contributed by atoms with Crippen molar-refractivity contribution in [1.82, 2.24) is 4.98 Å². The number of hydrogen-bond acceptors (Lipinski definition) is 7. The van der Waals surface area contributed by atoms with E-state index in [1.54, 1.807) is 13.2 Å². The Hall–Kier alpha value is -2.68. The van der Waals surface area contributed by atoms with Gasteiger partial charge in [-0.25, -0.2) is 9.78 Å². The van der Waals surface area contributed by atoms with Crippen LogP contribution in [0.15, 0.2) is 42.5 Å². The molecule has 0 spiro atoms. The van der Waals surface area contributed by atoms with Gasteiger partial charge in [0.05, 0.1) is 25.5 Å². The second-order valence-electron chi connectivity index (χ2n) is 9.16. The zero-order valence-corrected chi connectivity index (χ0v) is 20.6. The van der Waals surface area contributed by atoms with Gasteiger partial charge in [-0.3, -0.25) is 4.90 Å². The van der Waals surface area contributed by atoms with Gasteiger partial charge in [0.15, 0.2) is 6.29 Å². The molecule has 1 aromatic carbocycles. The molecule has 3 rings (SSSR count). The molecule has 1 saturated heterocycles. The number of ether oxygens (including phenoxy) is 5. The monoisotopic (exact) mass is 472 g/mol. The van der Waals surface area contributed by atoms with Gasteiger partial charge in [-0.15, -0.1) is 0 Å². The van der Waals surface area contributed by atoms with Crippen LogP contribution in [0.2, 0.25) is 0 Å². The highest BCUT2D eigenvalue weighted by atomic mass is 16.7. The van der Waals surface area contributed by atoms with Gasteiger partial charge in [0.1, 0.15) is 23.8 Å². The molecule has 8 heteroatoms. The Morgan fingerprint density at radius 2 is 1.94 bits per heavy atom. The predicted octanol–water partition coefficient (Wildman–Crippen LogP) is 5.09. The maximum absolute atomic E-state index is 13.0. The van der Waals surface area contributed by atoms with Crippen LogP contribution in [0.25, 0.3) is 0 Å². The summed E-state index contributed by atoms with van der Waals surface area (Å²) >= 11 is 0. The Labute approximate surface area is 202 Å². The minimum Gasteiger partial charge on any atom is -0.489 e. The average Bonchev–Trinajstić information content (AvgIpc) is 2.82. The predicted molar refractivity (Wildman–Crippen MR) is 129 cm³/mol. The van der Waals surface area contributed by atoms with E-state index in [0.717, 1.165) is 24.8 Å². The number of aromatic nitrogens is 1. The molecule has 1 aliphatic rings. The van der Waals surface area contributed by atoms with Gasteiger partial charge < -0.3 is 23.7 Å². The van der Waals surface area contributed by atoms with E-state index >= 15 is 0 Å². The lowest BCUT2D eigenvalue weighted by atomic mass is 10.2.